The minimum Gasteiger partial charge on any atom is -0.506 e. The van der Waals surface area contributed by atoms with Crippen molar-refractivity contribution < 1.29 is 9.52 Å². The molecule has 2 aromatic rings. The van der Waals surface area contributed by atoms with Crippen LogP contribution in [0.3, 0.4) is 0 Å². The predicted octanol–water partition coefficient (Wildman–Crippen LogP) is 9.96. The number of halogens is 9. The summed E-state index contributed by atoms with van der Waals surface area (Å²) >= 11 is 40.1. The van der Waals surface area contributed by atoms with E-state index in [0.717, 1.165) is 0 Å². The Bertz CT molecular complexity index is 1440. The van der Waals surface area contributed by atoms with Gasteiger partial charge in [-0.1, -0.05) is 58.0 Å². The second kappa shape index (κ2) is 9.40. The average molecular weight is 964 g/mol. The van der Waals surface area contributed by atoms with Crippen molar-refractivity contribution in [2.45, 2.75) is 0 Å². The maximum Gasteiger partial charge on any atom is 0.209 e. The van der Waals surface area contributed by atoms with Crippen molar-refractivity contribution in [3.05, 3.63) is 61.7 Å². The van der Waals surface area contributed by atoms with E-state index in [1.807, 2.05) is 90.4 Å². The van der Waals surface area contributed by atoms with Gasteiger partial charge in [-0.25, -0.2) is 0 Å². The number of fused-ring (bicyclic) bond motifs is 2. The van der Waals surface area contributed by atoms with E-state index in [2.05, 4.69) is 0 Å². The summed E-state index contributed by atoms with van der Waals surface area (Å²) in [5.74, 6) is 0.399. The highest BCUT2D eigenvalue weighted by Crippen LogP contribution is 2.53. The maximum absolute atomic E-state index is 12.6. The molecule has 2 aromatic carbocycles. The number of aromatic hydroxyl groups is 1. The molecule has 160 valence electrons. The van der Waals surface area contributed by atoms with Crippen molar-refractivity contribution >= 4 is 159 Å². The van der Waals surface area contributed by atoms with Gasteiger partial charge in [-0.3, -0.25) is 4.79 Å². The van der Waals surface area contributed by atoms with E-state index < -0.39 is 0 Å². The van der Waals surface area contributed by atoms with Crippen LogP contribution in [0.5, 0.6) is 5.75 Å². The molecule has 0 saturated carbocycles. The fraction of sp³-hybridized carbons (Fsp3) is 0. The maximum atomic E-state index is 12.6. The first kappa shape index (κ1) is 25.4. The van der Waals surface area contributed by atoms with E-state index in [9.17, 15) is 9.90 Å². The molecule has 0 unspecified atom stereocenters. The normalized spacial score (nSPS) is 11.6. The van der Waals surface area contributed by atoms with E-state index in [4.69, 9.17) is 62.4 Å². The first-order valence-corrected chi connectivity index (χ1v) is 14.1. The second-order valence-corrected chi connectivity index (χ2v) is 12.6. The quantitative estimate of drug-likeness (QED) is 0.0896. The summed E-state index contributed by atoms with van der Waals surface area (Å²) in [5.41, 5.74) is 1.72. The summed E-state index contributed by atoms with van der Waals surface area (Å²) in [6, 6.07) is 3.45. The van der Waals surface area contributed by atoms with Crippen LogP contribution in [0.1, 0.15) is 0 Å². The Kier molecular flexibility index (Phi) is 7.70. The second-order valence-electron chi connectivity index (χ2n) is 6.20. The van der Waals surface area contributed by atoms with Gasteiger partial charge in [0.05, 0.1) is 35.8 Å². The van der Waals surface area contributed by atoms with Crippen molar-refractivity contribution in [3.63, 3.8) is 0 Å². The Morgan fingerprint density at radius 1 is 0.742 bits per heavy atom. The van der Waals surface area contributed by atoms with Crippen LogP contribution < -0.4 is 5.43 Å². The summed E-state index contributed by atoms with van der Waals surface area (Å²) < 4.78 is 8.09. The van der Waals surface area contributed by atoms with E-state index in [-0.39, 0.29) is 36.3 Å². The number of hydrogen-bond donors (Lipinski definition) is 1. The molecule has 1 aliphatic heterocycles. The molecule has 1 aliphatic carbocycles. The number of hydrogen-bond acceptors (Lipinski definition) is 3. The minimum atomic E-state index is -0.170. The number of benzene rings is 3. The third kappa shape index (κ3) is 4.07. The largest absolute Gasteiger partial charge is 0.506 e. The lowest BCUT2D eigenvalue weighted by Gasteiger charge is -2.21. The zero-order valence-electron chi connectivity index (χ0n) is 14.3. The Hall–Kier alpha value is 1.30. The van der Waals surface area contributed by atoms with Crippen LogP contribution in [-0.4, -0.2) is 5.11 Å². The van der Waals surface area contributed by atoms with Gasteiger partial charge in [-0.2, -0.15) is 0 Å². The molecule has 2 aliphatic rings. The first-order chi connectivity index (χ1) is 14.5. The van der Waals surface area contributed by atoms with Crippen LogP contribution in [0, 0.1) is 14.3 Å². The van der Waals surface area contributed by atoms with Gasteiger partial charge in [0.1, 0.15) is 9.32 Å². The van der Waals surface area contributed by atoms with Gasteiger partial charge in [0.15, 0.2) is 11.3 Å². The average Bonchev–Trinajstić information content (AvgIpc) is 2.74. The molecule has 0 atom stereocenters. The third-order valence-corrected chi connectivity index (χ3v) is 10.4. The smallest absolute Gasteiger partial charge is 0.209 e. The molecule has 31 heavy (non-hydrogen) atoms. The summed E-state index contributed by atoms with van der Waals surface area (Å²) in [4.78, 5) is 12.6. The van der Waals surface area contributed by atoms with Crippen molar-refractivity contribution in [1.82, 2.24) is 0 Å². The molecule has 1 heterocycles. The highest BCUT2D eigenvalue weighted by molar-refractivity contribution is 14.1. The number of phenolic OH excluding ortho intramolecular Hbond substituents is 1. The Morgan fingerprint density at radius 2 is 1.29 bits per heavy atom. The molecule has 0 aromatic heterocycles. The molecule has 0 spiro atoms. The van der Waals surface area contributed by atoms with Crippen LogP contribution >= 0.6 is 148 Å². The highest BCUT2D eigenvalue weighted by atomic mass is 127. The van der Waals surface area contributed by atoms with Crippen LogP contribution in [0.2, 0.25) is 25.1 Å². The van der Waals surface area contributed by atoms with Gasteiger partial charge in [0, 0.05) is 22.1 Å². The minimum absolute atomic E-state index is 0.0455. The fourth-order valence-electron chi connectivity index (χ4n) is 3.09. The van der Waals surface area contributed by atoms with Crippen molar-refractivity contribution in [3.8, 4) is 28.2 Å². The fourth-order valence-corrected chi connectivity index (χ4v) is 7.99. The molecule has 4 rings (SSSR count). The standard InChI is InChI=1S/C19H3Cl5I4O3/c20-9-8(10(21)12(23)13(24)11(9)22)7-3-1-5(25)16(29)14(27)18(3)31-19-4(7)2-6(26)17(30)15(19)28/h1-2,29H. The summed E-state index contributed by atoms with van der Waals surface area (Å²) in [6.07, 6.45) is 0. The van der Waals surface area contributed by atoms with E-state index in [1.54, 1.807) is 12.1 Å². The topological polar surface area (TPSA) is 50.4 Å². The van der Waals surface area contributed by atoms with Gasteiger partial charge in [-0.15, -0.1) is 0 Å². The molecule has 3 nitrogen and oxygen atoms in total. The van der Waals surface area contributed by atoms with Gasteiger partial charge >= 0.3 is 0 Å². The molecule has 0 bridgehead atoms. The van der Waals surface area contributed by atoms with Gasteiger partial charge < -0.3 is 9.52 Å². The predicted molar refractivity (Wildman–Crippen MR) is 162 cm³/mol. The lowest BCUT2D eigenvalue weighted by Crippen LogP contribution is -2.12. The molecule has 0 fully saturated rings. The monoisotopic (exact) mass is 961 g/mol. The Labute approximate surface area is 255 Å². The molecule has 0 saturated heterocycles. The molecular weight excluding hydrogens is 961 g/mol. The summed E-state index contributed by atoms with van der Waals surface area (Å²) in [7, 11) is 0. The van der Waals surface area contributed by atoms with Crippen LogP contribution in [-0.2, 0) is 0 Å². The lowest BCUT2D eigenvalue weighted by atomic mass is 9.93. The van der Waals surface area contributed by atoms with Crippen LogP contribution in [0.15, 0.2) is 21.3 Å². The molecular formula is C19H3Cl5I4O3. The number of phenols is 1. The molecule has 12 heteroatoms. The molecule has 0 radical (unpaired) electrons. The SMILES string of the molecule is O=c1c(I)cc2c(-c3c(Cl)c(Cl)c(Cl)c(Cl)c3Cl)c3cc(I)c(O)c(I)c3oc-2c1I. The van der Waals surface area contributed by atoms with Crippen molar-refractivity contribution in [1.29, 1.82) is 0 Å². The summed E-state index contributed by atoms with van der Waals surface area (Å²) in [5, 5.41) is 11.5. The lowest BCUT2D eigenvalue weighted by molar-refractivity contribution is 0.466. The van der Waals surface area contributed by atoms with E-state index >= 15 is 0 Å². The Morgan fingerprint density at radius 3 is 1.87 bits per heavy atom. The first-order valence-electron chi connectivity index (χ1n) is 7.94. The van der Waals surface area contributed by atoms with Crippen molar-refractivity contribution in [2.24, 2.45) is 0 Å². The Balaban J connectivity index is 2.39. The van der Waals surface area contributed by atoms with Crippen molar-refractivity contribution in [2.75, 3.05) is 0 Å². The number of rotatable bonds is 1. The van der Waals surface area contributed by atoms with Crippen LogP contribution in [0.4, 0.5) is 0 Å². The highest BCUT2D eigenvalue weighted by Gasteiger charge is 2.29. The zero-order chi connectivity index (χ0) is 22.9. The zero-order valence-corrected chi connectivity index (χ0v) is 26.7. The summed E-state index contributed by atoms with van der Waals surface area (Å²) in [6.45, 7) is 0. The van der Waals surface area contributed by atoms with E-state index in [0.29, 0.717) is 47.7 Å². The van der Waals surface area contributed by atoms with E-state index in [1.165, 1.54) is 0 Å². The third-order valence-electron chi connectivity index (χ3n) is 4.48. The van der Waals surface area contributed by atoms with Gasteiger partial charge in [0.25, 0.3) is 0 Å². The van der Waals surface area contributed by atoms with Gasteiger partial charge in [-0.05, 0) is 102 Å². The van der Waals surface area contributed by atoms with Crippen LogP contribution in [0.25, 0.3) is 33.4 Å². The molecule has 0 amide bonds. The molecule has 1 N–H and O–H groups in total. The van der Waals surface area contributed by atoms with Gasteiger partial charge in [0.2, 0.25) is 5.43 Å².